The minimum absolute atomic E-state index is 0.135. The molecule has 2 aromatic rings. The lowest BCUT2D eigenvalue weighted by Gasteiger charge is -2.32. The second-order valence-electron chi connectivity index (χ2n) is 7.60. The van der Waals surface area contributed by atoms with Crippen LogP contribution < -0.4 is 10.2 Å². The zero-order valence-electron chi connectivity index (χ0n) is 16.9. The van der Waals surface area contributed by atoms with Crippen molar-refractivity contribution in [1.29, 1.82) is 0 Å². The van der Waals surface area contributed by atoms with E-state index in [0.29, 0.717) is 5.69 Å². The van der Waals surface area contributed by atoms with Gasteiger partial charge in [-0.15, -0.1) is 0 Å². The standard InChI is InChI=1S/C21H26FN3O3S/c1-15-10-12-25(13-11-15)17-6-4-16(5-7-17)23-21(26)19-14-18(8-9-20(19)22)29(27,28)24(2)3/h4-9,14-15H,10-13H2,1-3H3,(H,23,26). The summed E-state index contributed by atoms with van der Waals surface area (Å²) in [6, 6.07) is 10.6. The molecule has 0 aromatic heterocycles. The number of rotatable bonds is 5. The van der Waals surface area contributed by atoms with Crippen LogP contribution in [0, 0.1) is 11.7 Å². The van der Waals surface area contributed by atoms with Crippen molar-refractivity contribution in [2.24, 2.45) is 5.92 Å². The van der Waals surface area contributed by atoms with Crippen molar-refractivity contribution in [2.75, 3.05) is 37.4 Å². The van der Waals surface area contributed by atoms with E-state index in [1.54, 1.807) is 12.1 Å². The van der Waals surface area contributed by atoms with Crippen molar-refractivity contribution in [1.82, 2.24) is 4.31 Å². The van der Waals surface area contributed by atoms with E-state index >= 15 is 0 Å². The number of halogens is 1. The first-order valence-corrected chi connectivity index (χ1v) is 11.0. The van der Waals surface area contributed by atoms with E-state index in [9.17, 15) is 17.6 Å². The van der Waals surface area contributed by atoms with Gasteiger partial charge in [0.05, 0.1) is 10.5 Å². The number of sulfonamides is 1. The molecular weight excluding hydrogens is 393 g/mol. The van der Waals surface area contributed by atoms with Crippen molar-refractivity contribution in [3.8, 4) is 0 Å². The van der Waals surface area contributed by atoms with Crippen LogP contribution in [0.5, 0.6) is 0 Å². The zero-order valence-corrected chi connectivity index (χ0v) is 17.7. The summed E-state index contributed by atoms with van der Waals surface area (Å²) in [5, 5.41) is 2.64. The molecule has 1 fully saturated rings. The maximum absolute atomic E-state index is 14.2. The number of anilines is 2. The Balaban J connectivity index is 1.75. The fourth-order valence-electron chi connectivity index (χ4n) is 3.27. The Bertz CT molecular complexity index is 983. The van der Waals surface area contributed by atoms with E-state index in [0.717, 1.165) is 60.0 Å². The molecular formula is C21H26FN3O3S. The number of carbonyl (C=O) groups excluding carboxylic acids is 1. The summed E-state index contributed by atoms with van der Waals surface area (Å²) in [6.07, 6.45) is 2.31. The van der Waals surface area contributed by atoms with Crippen molar-refractivity contribution in [3.05, 3.63) is 53.8 Å². The number of hydrogen-bond donors (Lipinski definition) is 1. The number of carbonyl (C=O) groups is 1. The van der Waals surface area contributed by atoms with Crippen molar-refractivity contribution >= 4 is 27.3 Å². The molecule has 8 heteroatoms. The van der Waals surface area contributed by atoms with Gasteiger partial charge in [0, 0.05) is 38.6 Å². The minimum atomic E-state index is -3.76. The number of hydrogen-bond acceptors (Lipinski definition) is 4. The molecule has 156 valence electrons. The summed E-state index contributed by atoms with van der Waals surface area (Å²) >= 11 is 0. The van der Waals surface area contributed by atoms with Crippen LogP contribution in [0.15, 0.2) is 47.4 Å². The maximum atomic E-state index is 14.2. The third kappa shape index (κ3) is 4.76. The van der Waals surface area contributed by atoms with Gasteiger partial charge in [0.15, 0.2) is 0 Å². The Kier molecular flexibility index (Phi) is 6.24. The molecule has 1 N–H and O–H groups in total. The van der Waals surface area contributed by atoms with E-state index in [2.05, 4.69) is 17.1 Å². The molecule has 6 nitrogen and oxygen atoms in total. The molecule has 0 saturated carbocycles. The van der Waals surface area contributed by atoms with Gasteiger partial charge in [-0.2, -0.15) is 0 Å². The third-order valence-corrected chi connectivity index (χ3v) is 7.05. The summed E-state index contributed by atoms with van der Waals surface area (Å²) in [7, 11) is -1.01. The van der Waals surface area contributed by atoms with Gasteiger partial charge in [0.25, 0.3) is 5.91 Å². The van der Waals surface area contributed by atoms with Crippen LogP contribution in [0.3, 0.4) is 0 Å². The second kappa shape index (κ2) is 8.51. The first-order chi connectivity index (χ1) is 13.7. The summed E-state index contributed by atoms with van der Waals surface area (Å²) in [5.41, 5.74) is 1.28. The van der Waals surface area contributed by atoms with Gasteiger partial charge in [-0.1, -0.05) is 6.92 Å². The molecule has 0 unspecified atom stereocenters. The Morgan fingerprint density at radius 1 is 1.10 bits per heavy atom. The normalized spacial score (nSPS) is 15.6. The van der Waals surface area contributed by atoms with Crippen molar-refractivity contribution < 1.29 is 17.6 Å². The van der Waals surface area contributed by atoms with E-state index in [4.69, 9.17) is 0 Å². The van der Waals surface area contributed by atoms with Crippen LogP contribution in [-0.2, 0) is 10.0 Å². The molecule has 1 aliphatic rings. The molecule has 1 amide bonds. The van der Waals surface area contributed by atoms with Gasteiger partial charge in [-0.25, -0.2) is 17.1 Å². The topological polar surface area (TPSA) is 69.7 Å². The average molecular weight is 420 g/mol. The maximum Gasteiger partial charge on any atom is 0.258 e. The lowest BCUT2D eigenvalue weighted by atomic mass is 9.99. The van der Waals surface area contributed by atoms with Crippen LogP contribution in [0.4, 0.5) is 15.8 Å². The lowest BCUT2D eigenvalue weighted by Crippen LogP contribution is -2.32. The second-order valence-corrected chi connectivity index (χ2v) is 9.75. The van der Waals surface area contributed by atoms with Gasteiger partial charge in [0.1, 0.15) is 5.82 Å². The molecule has 0 radical (unpaired) electrons. The summed E-state index contributed by atoms with van der Waals surface area (Å²) < 4.78 is 39.7. The molecule has 29 heavy (non-hydrogen) atoms. The van der Waals surface area contributed by atoms with Crippen LogP contribution in [0.1, 0.15) is 30.1 Å². The third-order valence-electron chi connectivity index (χ3n) is 5.23. The summed E-state index contributed by atoms with van der Waals surface area (Å²) in [4.78, 5) is 14.7. The summed E-state index contributed by atoms with van der Waals surface area (Å²) in [5.74, 6) is -0.733. The van der Waals surface area contributed by atoms with Crippen molar-refractivity contribution in [3.63, 3.8) is 0 Å². The highest BCUT2D eigenvalue weighted by Crippen LogP contribution is 2.25. The van der Waals surface area contributed by atoms with E-state index < -0.39 is 21.7 Å². The van der Waals surface area contributed by atoms with Crippen LogP contribution in [-0.4, -0.2) is 45.8 Å². The quantitative estimate of drug-likeness (QED) is 0.805. The average Bonchev–Trinajstić information content (AvgIpc) is 2.69. The van der Waals surface area contributed by atoms with Gasteiger partial charge >= 0.3 is 0 Å². The predicted molar refractivity (Wildman–Crippen MR) is 112 cm³/mol. The SMILES string of the molecule is CC1CCN(c2ccc(NC(=O)c3cc(S(=O)(=O)N(C)C)ccc3F)cc2)CC1. The van der Waals surface area contributed by atoms with Crippen molar-refractivity contribution in [2.45, 2.75) is 24.7 Å². The highest BCUT2D eigenvalue weighted by atomic mass is 32.2. The first kappa shape index (κ1) is 21.3. The molecule has 1 saturated heterocycles. The highest BCUT2D eigenvalue weighted by Gasteiger charge is 2.22. The Labute approximate surface area is 171 Å². The van der Waals surface area contributed by atoms with Crippen LogP contribution in [0.2, 0.25) is 0 Å². The molecule has 1 aliphatic heterocycles. The number of nitrogens with one attached hydrogen (secondary N) is 1. The number of amides is 1. The molecule has 2 aromatic carbocycles. The number of piperidine rings is 1. The van der Waals surface area contributed by atoms with Crippen LogP contribution >= 0.6 is 0 Å². The number of benzene rings is 2. The molecule has 3 rings (SSSR count). The lowest BCUT2D eigenvalue weighted by molar-refractivity contribution is 0.102. The monoisotopic (exact) mass is 419 g/mol. The molecule has 0 bridgehead atoms. The molecule has 0 aliphatic carbocycles. The minimum Gasteiger partial charge on any atom is -0.372 e. The Hall–Kier alpha value is -2.45. The van der Waals surface area contributed by atoms with E-state index in [1.165, 1.54) is 14.1 Å². The van der Waals surface area contributed by atoms with E-state index in [1.807, 2.05) is 12.1 Å². The Morgan fingerprint density at radius 3 is 2.31 bits per heavy atom. The smallest absolute Gasteiger partial charge is 0.258 e. The molecule has 1 heterocycles. The molecule has 0 spiro atoms. The highest BCUT2D eigenvalue weighted by molar-refractivity contribution is 7.89. The molecule has 0 atom stereocenters. The van der Waals surface area contributed by atoms with Crippen LogP contribution in [0.25, 0.3) is 0 Å². The van der Waals surface area contributed by atoms with E-state index in [-0.39, 0.29) is 10.5 Å². The van der Waals surface area contributed by atoms with Gasteiger partial charge in [-0.3, -0.25) is 4.79 Å². The Morgan fingerprint density at radius 2 is 1.72 bits per heavy atom. The largest absolute Gasteiger partial charge is 0.372 e. The first-order valence-electron chi connectivity index (χ1n) is 9.57. The fraction of sp³-hybridized carbons (Fsp3) is 0.381. The van der Waals surface area contributed by atoms with Gasteiger partial charge in [-0.05, 0) is 61.2 Å². The van der Waals surface area contributed by atoms with Gasteiger partial charge < -0.3 is 10.2 Å². The zero-order chi connectivity index (χ0) is 21.2. The predicted octanol–water partition coefficient (Wildman–Crippen LogP) is 3.56. The number of nitrogens with zero attached hydrogens (tertiary/aromatic N) is 2. The van der Waals surface area contributed by atoms with Gasteiger partial charge in [0.2, 0.25) is 10.0 Å². The summed E-state index contributed by atoms with van der Waals surface area (Å²) in [6.45, 7) is 4.27. The fourth-order valence-corrected chi connectivity index (χ4v) is 4.20.